The van der Waals surface area contributed by atoms with Crippen LogP contribution >= 0.6 is 0 Å². The number of aromatic nitrogens is 1. The number of carboxylic acids is 1. The molecular weight excluding hydrogens is 368 g/mol. The molecule has 4 rings (SSSR count). The summed E-state index contributed by atoms with van der Waals surface area (Å²) in [5.74, 6) is -1.56. The van der Waals surface area contributed by atoms with Gasteiger partial charge in [-0.1, -0.05) is 54.6 Å². The zero-order valence-corrected chi connectivity index (χ0v) is 15.2. The lowest BCUT2D eigenvalue weighted by atomic mass is 10.00. The Hall–Kier alpha value is -4.03. The van der Waals surface area contributed by atoms with Crippen molar-refractivity contribution < 1.29 is 19.9 Å². The number of carboxylic acid groups (broad SMARTS) is 1. The second-order valence-electron chi connectivity index (χ2n) is 6.47. The predicted octanol–water partition coefficient (Wildman–Crippen LogP) is 4.39. The number of hydrogen-bond acceptors (Lipinski definition) is 4. The van der Waals surface area contributed by atoms with E-state index >= 15 is 0 Å². The van der Waals surface area contributed by atoms with E-state index < -0.39 is 11.9 Å². The van der Waals surface area contributed by atoms with Crippen LogP contribution < -0.4 is 5.48 Å². The molecule has 3 N–H and O–H groups in total. The predicted molar refractivity (Wildman–Crippen MR) is 109 cm³/mol. The van der Waals surface area contributed by atoms with Gasteiger partial charge in [-0.3, -0.25) is 10.0 Å². The average Bonchev–Trinajstić information content (AvgIpc) is 2.78. The first-order valence-corrected chi connectivity index (χ1v) is 8.85. The number of fused-ring (bicyclic) bond motifs is 1. The minimum Gasteiger partial charge on any atom is -0.478 e. The van der Waals surface area contributed by atoms with Crippen molar-refractivity contribution in [2.75, 3.05) is 0 Å². The Labute approximate surface area is 166 Å². The Morgan fingerprint density at radius 3 is 2.00 bits per heavy atom. The molecule has 6 nitrogen and oxygen atoms in total. The van der Waals surface area contributed by atoms with E-state index in [0.29, 0.717) is 22.2 Å². The first kappa shape index (κ1) is 18.3. The summed E-state index contributed by atoms with van der Waals surface area (Å²) in [7, 11) is 0. The number of rotatable bonds is 4. The summed E-state index contributed by atoms with van der Waals surface area (Å²) in [6, 6.07) is 23.1. The summed E-state index contributed by atoms with van der Waals surface area (Å²) in [4.78, 5) is 27.7. The number of nitrogens with one attached hydrogen (secondary N) is 1. The van der Waals surface area contributed by atoms with Gasteiger partial charge in [0.25, 0.3) is 5.91 Å². The third-order valence-electron chi connectivity index (χ3n) is 4.71. The van der Waals surface area contributed by atoms with Crippen LogP contribution in [-0.2, 0) is 0 Å². The lowest BCUT2D eigenvalue weighted by Crippen LogP contribution is -2.19. The smallest absolute Gasteiger partial charge is 0.335 e. The van der Waals surface area contributed by atoms with Crippen molar-refractivity contribution in [3.63, 3.8) is 0 Å². The molecule has 0 unspecified atom stereocenters. The zero-order chi connectivity index (χ0) is 20.4. The van der Waals surface area contributed by atoms with Gasteiger partial charge in [0, 0.05) is 10.9 Å². The van der Waals surface area contributed by atoms with Crippen LogP contribution in [0, 0.1) is 0 Å². The molecule has 0 saturated carbocycles. The van der Waals surface area contributed by atoms with Crippen molar-refractivity contribution >= 4 is 22.8 Å². The van der Waals surface area contributed by atoms with Crippen LogP contribution in [0.4, 0.5) is 0 Å². The number of benzene rings is 3. The largest absolute Gasteiger partial charge is 0.478 e. The SMILES string of the molecule is O=C(O)c1ccc(-c2ccc(-c3cc(C(=O)NO)c4ccccc4n3)cc2)cc1. The molecule has 0 aliphatic rings. The molecule has 0 aliphatic carbocycles. The maximum atomic E-state index is 12.1. The molecule has 0 atom stereocenters. The first-order chi connectivity index (χ1) is 14.1. The fourth-order valence-electron chi connectivity index (χ4n) is 3.21. The fraction of sp³-hybridized carbons (Fsp3) is 0. The molecule has 29 heavy (non-hydrogen) atoms. The van der Waals surface area contributed by atoms with Crippen molar-refractivity contribution in [1.82, 2.24) is 10.5 Å². The topological polar surface area (TPSA) is 99.5 Å². The Kier molecular flexibility index (Phi) is 4.76. The van der Waals surface area contributed by atoms with Crippen LogP contribution in [-0.4, -0.2) is 27.2 Å². The van der Waals surface area contributed by atoms with Crippen molar-refractivity contribution in [2.45, 2.75) is 0 Å². The molecule has 0 spiro atoms. The molecule has 0 aliphatic heterocycles. The molecule has 0 radical (unpaired) electrons. The van der Waals surface area contributed by atoms with Crippen LogP contribution in [0.1, 0.15) is 20.7 Å². The lowest BCUT2D eigenvalue weighted by Gasteiger charge is -2.09. The average molecular weight is 384 g/mol. The highest BCUT2D eigenvalue weighted by molar-refractivity contribution is 6.06. The zero-order valence-electron chi connectivity index (χ0n) is 15.2. The van der Waals surface area contributed by atoms with Gasteiger partial charge in [0.05, 0.1) is 22.3 Å². The van der Waals surface area contributed by atoms with Gasteiger partial charge < -0.3 is 5.11 Å². The normalized spacial score (nSPS) is 10.7. The van der Waals surface area contributed by atoms with Crippen molar-refractivity contribution in [3.8, 4) is 22.4 Å². The molecule has 0 saturated heterocycles. The third-order valence-corrected chi connectivity index (χ3v) is 4.71. The van der Waals surface area contributed by atoms with Crippen LogP contribution in [0.2, 0.25) is 0 Å². The number of para-hydroxylation sites is 1. The Bertz CT molecular complexity index is 1220. The number of hydroxylamine groups is 1. The lowest BCUT2D eigenvalue weighted by molar-refractivity contribution is 0.0693. The van der Waals surface area contributed by atoms with E-state index in [-0.39, 0.29) is 5.56 Å². The number of hydrogen-bond donors (Lipinski definition) is 3. The minimum absolute atomic E-state index is 0.237. The van der Waals surface area contributed by atoms with E-state index in [2.05, 4.69) is 4.98 Å². The summed E-state index contributed by atoms with van der Waals surface area (Å²) in [6.45, 7) is 0. The quantitative estimate of drug-likeness (QED) is 0.358. The minimum atomic E-state index is -0.961. The highest BCUT2D eigenvalue weighted by Crippen LogP contribution is 2.27. The van der Waals surface area contributed by atoms with Gasteiger partial charge in [0.15, 0.2) is 0 Å². The second kappa shape index (κ2) is 7.53. The van der Waals surface area contributed by atoms with Crippen molar-refractivity contribution in [2.24, 2.45) is 0 Å². The number of carbonyl (C=O) groups excluding carboxylic acids is 1. The first-order valence-electron chi connectivity index (χ1n) is 8.85. The van der Waals surface area contributed by atoms with Gasteiger partial charge in [-0.05, 0) is 35.4 Å². The number of amides is 1. The van der Waals surface area contributed by atoms with Crippen LogP contribution in [0.3, 0.4) is 0 Å². The third kappa shape index (κ3) is 3.56. The number of pyridine rings is 1. The van der Waals surface area contributed by atoms with Crippen molar-refractivity contribution in [1.29, 1.82) is 0 Å². The monoisotopic (exact) mass is 384 g/mol. The van der Waals surface area contributed by atoms with Gasteiger partial charge >= 0.3 is 5.97 Å². The van der Waals surface area contributed by atoms with Gasteiger partial charge in [0.2, 0.25) is 0 Å². The van der Waals surface area contributed by atoms with Crippen LogP contribution in [0.5, 0.6) is 0 Å². The molecule has 4 aromatic rings. The molecule has 1 heterocycles. The second-order valence-corrected chi connectivity index (χ2v) is 6.47. The van der Waals surface area contributed by atoms with Gasteiger partial charge in [-0.15, -0.1) is 0 Å². The summed E-state index contributed by atoms with van der Waals surface area (Å²) in [5, 5.41) is 18.7. The Morgan fingerprint density at radius 1 is 0.793 bits per heavy atom. The molecule has 1 aromatic heterocycles. The van der Waals surface area contributed by atoms with E-state index in [1.807, 2.05) is 42.5 Å². The maximum Gasteiger partial charge on any atom is 0.335 e. The molecule has 3 aromatic carbocycles. The van der Waals surface area contributed by atoms with Crippen LogP contribution in [0.15, 0.2) is 78.9 Å². The maximum absolute atomic E-state index is 12.1. The standard InChI is InChI=1S/C23H16N2O4/c26-22(25-29)19-13-21(24-20-4-2-1-3-18(19)20)16-9-5-14(6-10-16)15-7-11-17(12-8-15)23(27)28/h1-13,29H,(H,25,26)(H,27,28). The highest BCUT2D eigenvalue weighted by atomic mass is 16.5. The Morgan fingerprint density at radius 2 is 1.38 bits per heavy atom. The number of carbonyl (C=O) groups is 2. The Balaban J connectivity index is 1.73. The molecule has 6 heteroatoms. The fourth-order valence-corrected chi connectivity index (χ4v) is 3.21. The van der Waals surface area contributed by atoms with Gasteiger partial charge in [-0.2, -0.15) is 0 Å². The molecule has 142 valence electrons. The summed E-state index contributed by atoms with van der Waals surface area (Å²) < 4.78 is 0. The van der Waals surface area contributed by atoms with E-state index in [1.165, 1.54) is 0 Å². The van der Waals surface area contributed by atoms with E-state index in [0.717, 1.165) is 16.7 Å². The summed E-state index contributed by atoms with van der Waals surface area (Å²) >= 11 is 0. The van der Waals surface area contributed by atoms with Gasteiger partial charge in [0.1, 0.15) is 0 Å². The van der Waals surface area contributed by atoms with E-state index in [9.17, 15) is 9.59 Å². The van der Waals surface area contributed by atoms with Crippen LogP contribution in [0.25, 0.3) is 33.3 Å². The highest BCUT2D eigenvalue weighted by Gasteiger charge is 2.13. The number of nitrogens with zero attached hydrogens (tertiary/aromatic N) is 1. The molecular formula is C23H16N2O4. The molecule has 0 bridgehead atoms. The van der Waals surface area contributed by atoms with Gasteiger partial charge in [-0.25, -0.2) is 15.3 Å². The van der Waals surface area contributed by atoms with E-state index in [1.54, 1.807) is 41.9 Å². The van der Waals surface area contributed by atoms with E-state index in [4.69, 9.17) is 10.3 Å². The van der Waals surface area contributed by atoms with Crippen molar-refractivity contribution in [3.05, 3.63) is 90.0 Å². The number of aromatic carboxylic acids is 1. The molecule has 1 amide bonds. The summed E-state index contributed by atoms with van der Waals surface area (Å²) in [6.07, 6.45) is 0. The summed E-state index contributed by atoms with van der Waals surface area (Å²) in [5.41, 5.74) is 6.15. The molecule has 0 fully saturated rings.